The van der Waals surface area contributed by atoms with E-state index in [9.17, 15) is 9.65 Å². The quantitative estimate of drug-likeness (QED) is 0.157. The molecule has 6 rings (SSSR count). The molecule has 0 bridgehead atoms. The number of benzene rings is 2. The van der Waals surface area contributed by atoms with Gasteiger partial charge in [0.25, 0.3) is 0 Å². The van der Waals surface area contributed by atoms with Crippen molar-refractivity contribution in [3.63, 3.8) is 0 Å². The van der Waals surface area contributed by atoms with Crippen LogP contribution in [0.2, 0.25) is 15.2 Å². The van der Waals surface area contributed by atoms with Crippen molar-refractivity contribution in [2.45, 2.75) is 12.1 Å². The summed E-state index contributed by atoms with van der Waals surface area (Å²) in [5, 5.41) is 19.7. The van der Waals surface area contributed by atoms with E-state index in [0.29, 0.717) is 56.9 Å². The molecule has 2 aromatic carbocycles. The minimum Gasteiger partial charge on any atom is -0.377 e. The molecule has 1 fully saturated rings. The number of nitriles is 1. The number of hydrogen-bond donors (Lipinski definition) is 4. The summed E-state index contributed by atoms with van der Waals surface area (Å²) in [6.45, 7) is 1.22. The van der Waals surface area contributed by atoms with Crippen LogP contribution in [-0.2, 0) is 4.74 Å². The van der Waals surface area contributed by atoms with Gasteiger partial charge >= 0.3 is 0 Å². The molecule has 0 aliphatic carbocycles. The van der Waals surface area contributed by atoms with Gasteiger partial charge in [-0.2, -0.15) is 5.26 Å². The predicted octanol–water partition coefficient (Wildman–Crippen LogP) is 6.83. The second-order valence-corrected chi connectivity index (χ2v) is 11.4. The van der Waals surface area contributed by atoms with Crippen molar-refractivity contribution in [2.75, 3.05) is 23.8 Å². The standard InChI is InChI=1S/C27H19BrCl3FN8O/c28-14-3-19(27(31)35-9-14)26(23-10-40(39-38-23)17-11-41-12-17)37-16-4-18-24(36-15-1-2-22(32)20(29)5-15)13(7-33)8-34-25(18)21(30)6-16/h1-6,8-10,17,26,37-39H,11-12H2,(H,34,36)/t26-/m0/s1. The first-order valence-electron chi connectivity index (χ1n) is 12.2. The summed E-state index contributed by atoms with van der Waals surface area (Å²) in [7, 11) is 0. The van der Waals surface area contributed by atoms with Crippen LogP contribution < -0.4 is 21.6 Å². The molecule has 0 spiro atoms. The lowest BCUT2D eigenvalue weighted by atomic mass is 10.0. The molecule has 2 aliphatic heterocycles. The van der Waals surface area contributed by atoms with E-state index in [0.717, 1.165) is 10.2 Å². The number of rotatable bonds is 7. The molecule has 0 unspecified atom stereocenters. The Hall–Kier alpha value is -3.37. The smallest absolute Gasteiger partial charge is 0.141 e. The van der Waals surface area contributed by atoms with E-state index in [2.05, 4.69) is 53.6 Å². The average molecular weight is 677 g/mol. The van der Waals surface area contributed by atoms with E-state index in [4.69, 9.17) is 39.5 Å². The highest BCUT2D eigenvalue weighted by atomic mass is 79.9. The first-order chi connectivity index (χ1) is 19.8. The van der Waals surface area contributed by atoms with Crippen LogP contribution in [0.1, 0.15) is 17.2 Å². The Morgan fingerprint density at radius 1 is 1.10 bits per heavy atom. The van der Waals surface area contributed by atoms with E-state index in [1.807, 2.05) is 23.3 Å². The fraction of sp³-hybridized carbons (Fsp3) is 0.148. The summed E-state index contributed by atoms with van der Waals surface area (Å²) in [5.41, 5.74) is 10.1. The van der Waals surface area contributed by atoms with Gasteiger partial charge in [0, 0.05) is 45.4 Å². The summed E-state index contributed by atoms with van der Waals surface area (Å²) in [6.07, 6.45) is 5.00. The van der Waals surface area contributed by atoms with E-state index < -0.39 is 11.9 Å². The third kappa shape index (κ3) is 5.59. The molecule has 9 nitrogen and oxygen atoms in total. The highest BCUT2D eigenvalue weighted by Gasteiger charge is 2.31. The Kier molecular flexibility index (Phi) is 7.78. The molecule has 0 radical (unpaired) electrons. The van der Waals surface area contributed by atoms with Gasteiger partial charge in [0.15, 0.2) is 0 Å². The predicted molar refractivity (Wildman–Crippen MR) is 160 cm³/mol. The second kappa shape index (κ2) is 11.5. The van der Waals surface area contributed by atoms with Crippen molar-refractivity contribution in [1.29, 1.82) is 5.26 Å². The number of anilines is 3. The fourth-order valence-corrected chi connectivity index (χ4v) is 5.49. The first kappa shape index (κ1) is 27.8. The number of fused-ring (bicyclic) bond motifs is 1. The van der Waals surface area contributed by atoms with E-state index in [1.165, 1.54) is 24.4 Å². The van der Waals surface area contributed by atoms with Crippen LogP contribution in [0.25, 0.3) is 10.9 Å². The maximum absolute atomic E-state index is 13.8. The molecule has 0 saturated carbocycles. The van der Waals surface area contributed by atoms with Crippen molar-refractivity contribution in [2.24, 2.45) is 0 Å². The van der Waals surface area contributed by atoms with Gasteiger partial charge in [-0.1, -0.05) is 34.8 Å². The van der Waals surface area contributed by atoms with E-state index >= 15 is 0 Å². The molecule has 4 aromatic rings. The van der Waals surface area contributed by atoms with Crippen molar-refractivity contribution in [3.8, 4) is 6.07 Å². The molecule has 4 N–H and O–H groups in total. The molecule has 208 valence electrons. The number of aromatic nitrogens is 2. The van der Waals surface area contributed by atoms with Crippen LogP contribution in [0.5, 0.6) is 0 Å². The summed E-state index contributed by atoms with van der Waals surface area (Å²) in [5.74, 6) is -0.550. The van der Waals surface area contributed by atoms with Crippen molar-refractivity contribution >= 4 is 78.7 Å². The van der Waals surface area contributed by atoms with Gasteiger partial charge in [0.05, 0.1) is 57.8 Å². The highest BCUT2D eigenvalue weighted by molar-refractivity contribution is 9.10. The molecule has 1 atom stereocenters. The zero-order chi connectivity index (χ0) is 28.7. The molecule has 1 saturated heterocycles. The average Bonchev–Trinajstić information content (AvgIpc) is 3.39. The fourth-order valence-electron chi connectivity index (χ4n) is 4.48. The minimum absolute atomic E-state index is 0.0527. The molecule has 0 amide bonds. The first-order valence-corrected chi connectivity index (χ1v) is 14.1. The zero-order valence-corrected chi connectivity index (χ0v) is 24.7. The van der Waals surface area contributed by atoms with Crippen LogP contribution in [0.15, 0.2) is 65.2 Å². The lowest BCUT2D eigenvalue weighted by Crippen LogP contribution is -2.52. The van der Waals surface area contributed by atoms with Crippen molar-refractivity contribution in [1.82, 2.24) is 25.9 Å². The molecular formula is C27H19BrCl3FN8O. The minimum atomic E-state index is -0.550. The van der Waals surface area contributed by atoms with E-state index in [1.54, 1.807) is 12.3 Å². The number of halogens is 5. The summed E-state index contributed by atoms with van der Waals surface area (Å²) in [4.78, 5) is 8.72. The molecule has 2 aromatic heterocycles. The van der Waals surface area contributed by atoms with Crippen molar-refractivity contribution in [3.05, 3.63) is 97.3 Å². The third-order valence-electron chi connectivity index (χ3n) is 6.62. The Morgan fingerprint density at radius 2 is 1.90 bits per heavy atom. The number of hydrogen-bond acceptors (Lipinski definition) is 9. The number of ether oxygens (including phenoxy) is 1. The topological polar surface area (TPSA) is 110 Å². The number of nitrogens with one attached hydrogen (secondary N) is 4. The second-order valence-electron chi connectivity index (χ2n) is 9.30. The maximum Gasteiger partial charge on any atom is 0.141 e. The van der Waals surface area contributed by atoms with Gasteiger partial charge in [-0.3, -0.25) is 9.99 Å². The SMILES string of the molecule is N#Cc1cnc2c(Cl)cc(N[C@H](C3=CN(C4COC4)NN3)c3cc(Br)cnc3Cl)cc2c1Nc1ccc(F)c(Cl)c1. The largest absolute Gasteiger partial charge is 0.377 e. The van der Waals surface area contributed by atoms with Crippen LogP contribution in [0.3, 0.4) is 0 Å². The zero-order valence-electron chi connectivity index (χ0n) is 20.9. The van der Waals surface area contributed by atoms with Gasteiger partial charge in [-0.05, 0) is 52.3 Å². The molecule has 2 aliphatic rings. The number of hydrazine groups is 2. The molecule has 14 heteroatoms. The number of pyridine rings is 2. The monoisotopic (exact) mass is 674 g/mol. The molecular weight excluding hydrogens is 658 g/mol. The summed E-state index contributed by atoms with van der Waals surface area (Å²) >= 11 is 22.8. The van der Waals surface area contributed by atoms with Gasteiger partial charge in [0.2, 0.25) is 0 Å². The Bertz CT molecular complexity index is 1750. The van der Waals surface area contributed by atoms with Crippen molar-refractivity contribution < 1.29 is 9.13 Å². The lowest BCUT2D eigenvalue weighted by molar-refractivity contribution is -0.0635. The Labute approximate surface area is 257 Å². The van der Waals surface area contributed by atoms with Gasteiger partial charge in [-0.15, -0.1) is 5.53 Å². The normalized spacial score (nSPS) is 15.6. The Morgan fingerprint density at radius 3 is 2.63 bits per heavy atom. The van der Waals surface area contributed by atoms with E-state index in [-0.39, 0.29) is 16.6 Å². The molecule has 41 heavy (non-hydrogen) atoms. The van der Waals surface area contributed by atoms with Gasteiger partial charge in [0.1, 0.15) is 17.0 Å². The molecule has 4 heterocycles. The van der Waals surface area contributed by atoms with Gasteiger partial charge < -0.3 is 20.8 Å². The Balaban J connectivity index is 1.43. The van der Waals surface area contributed by atoms with Gasteiger partial charge in [-0.25, -0.2) is 9.37 Å². The van der Waals surface area contributed by atoms with Crippen LogP contribution in [0, 0.1) is 17.1 Å². The third-order valence-corrected chi connectivity index (χ3v) is 7.95. The summed E-state index contributed by atoms with van der Waals surface area (Å²) < 4.78 is 19.9. The lowest BCUT2D eigenvalue weighted by Gasteiger charge is -2.33. The highest BCUT2D eigenvalue weighted by Crippen LogP contribution is 2.38. The van der Waals surface area contributed by atoms with Crippen LogP contribution in [0.4, 0.5) is 21.5 Å². The van der Waals surface area contributed by atoms with Crippen LogP contribution >= 0.6 is 50.7 Å². The summed E-state index contributed by atoms with van der Waals surface area (Å²) in [6, 6.07) is 11.5. The van der Waals surface area contributed by atoms with Crippen LogP contribution in [-0.4, -0.2) is 34.2 Å². The maximum atomic E-state index is 13.8. The number of nitrogens with zero attached hydrogens (tertiary/aromatic N) is 4.